The lowest BCUT2D eigenvalue weighted by Crippen LogP contribution is -2.44. The van der Waals surface area contributed by atoms with E-state index in [1.807, 2.05) is 66.7 Å². The predicted octanol–water partition coefficient (Wildman–Crippen LogP) is 3.27. The fourth-order valence-corrected chi connectivity index (χ4v) is 4.35. The fourth-order valence-electron chi connectivity index (χ4n) is 3.18. The van der Waals surface area contributed by atoms with Crippen LogP contribution < -0.4 is 9.46 Å². The minimum atomic E-state index is -3.95. The number of ether oxygens (including phenoxy) is 1. The number of methoxy groups -OCH3 is 1. The molecule has 29 heavy (non-hydrogen) atoms. The van der Waals surface area contributed by atoms with Crippen LogP contribution >= 0.6 is 0 Å². The lowest BCUT2D eigenvalue weighted by atomic mass is 10.0. The second-order valence-electron chi connectivity index (χ2n) is 6.66. The van der Waals surface area contributed by atoms with Crippen LogP contribution in [0.25, 0.3) is 10.8 Å². The molecule has 3 rings (SSSR count). The first-order valence-electron chi connectivity index (χ1n) is 9.28. The summed E-state index contributed by atoms with van der Waals surface area (Å²) in [4.78, 5) is 12.1. The van der Waals surface area contributed by atoms with Crippen molar-refractivity contribution in [3.05, 3.63) is 77.9 Å². The molecule has 152 valence electrons. The van der Waals surface area contributed by atoms with Crippen molar-refractivity contribution in [3.8, 4) is 5.75 Å². The molecule has 0 radical (unpaired) electrons. The van der Waals surface area contributed by atoms with E-state index in [0.29, 0.717) is 6.42 Å². The molecule has 7 heteroatoms. The maximum Gasteiger partial charge on any atom is 0.304 e. The number of nitrogens with one attached hydrogen (secondary N) is 1. The van der Waals surface area contributed by atoms with E-state index in [4.69, 9.17) is 4.74 Å². The Morgan fingerprint density at radius 2 is 1.79 bits per heavy atom. The van der Waals surface area contributed by atoms with Crippen LogP contribution in [0.4, 0.5) is 0 Å². The van der Waals surface area contributed by atoms with Crippen molar-refractivity contribution in [2.24, 2.45) is 0 Å². The van der Waals surface area contributed by atoms with Gasteiger partial charge < -0.3 is 4.74 Å². The van der Waals surface area contributed by atoms with Crippen LogP contribution in [-0.2, 0) is 28.0 Å². The molecule has 0 aromatic heterocycles. The van der Waals surface area contributed by atoms with Crippen molar-refractivity contribution >= 4 is 26.9 Å². The summed E-state index contributed by atoms with van der Waals surface area (Å²) in [7, 11) is -2.34. The Morgan fingerprint density at radius 1 is 1.03 bits per heavy atom. The fraction of sp³-hybridized carbons (Fsp3) is 0.227. The lowest BCUT2D eigenvalue weighted by molar-refractivity contribution is -0.124. The van der Waals surface area contributed by atoms with E-state index >= 15 is 0 Å². The highest BCUT2D eigenvalue weighted by molar-refractivity contribution is 7.87. The molecule has 3 aromatic rings. The number of fused-ring (bicyclic) bond motifs is 1. The highest BCUT2D eigenvalue weighted by Gasteiger charge is 2.24. The van der Waals surface area contributed by atoms with Crippen LogP contribution in [0.1, 0.15) is 18.1 Å². The third-order valence-corrected chi connectivity index (χ3v) is 6.24. The zero-order valence-corrected chi connectivity index (χ0v) is 17.3. The summed E-state index contributed by atoms with van der Waals surface area (Å²) in [5.74, 6) is 0.203. The number of carbonyl (C=O) groups is 1. The van der Waals surface area contributed by atoms with Crippen molar-refractivity contribution in [2.45, 2.75) is 19.9 Å². The normalized spacial score (nSPS) is 11.4. The number of hydrogen-bond acceptors (Lipinski definition) is 4. The first-order valence-corrected chi connectivity index (χ1v) is 10.7. The average molecular weight is 413 g/mol. The van der Waals surface area contributed by atoms with Gasteiger partial charge in [0.05, 0.1) is 7.11 Å². The number of carbonyl (C=O) groups excluding carboxylic acids is 1. The Hall–Kier alpha value is -2.90. The molecular formula is C22H24N2O4S. The molecule has 0 saturated heterocycles. The van der Waals surface area contributed by atoms with Gasteiger partial charge in [-0.25, -0.2) is 4.31 Å². The summed E-state index contributed by atoms with van der Waals surface area (Å²) < 4.78 is 34.1. The second-order valence-corrected chi connectivity index (χ2v) is 8.34. The van der Waals surface area contributed by atoms with Crippen LogP contribution in [0.5, 0.6) is 5.75 Å². The van der Waals surface area contributed by atoms with E-state index in [1.165, 1.54) is 6.92 Å². The monoisotopic (exact) mass is 412 g/mol. The van der Waals surface area contributed by atoms with Gasteiger partial charge in [0, 0.05) is 20.0 Å². The number of hydrogen-bond donors (Lipinski definition) is 1. The van der Waals surface area contributed by atoms with Gasteiger partial charge in [0.25, 0.3) is 0 Å². The molecule has 0 spiro atoms. The molecule has 0 aliphatic rings. The van der Waals surface area contributed by atoms with Gasteiger partial charge in [-0.1, -0.05) is 54.6 Å². The molecule has 0 unspecified atom stereocenters. The van der Waals surface area contributed by atoms with Gasteiger partial charge in [-0.3, -0.25) is 4.79 Å². The smallest absolute Gasteiger partial charge is 0.304 e. The van der Waals surface area contributed by atoms with E-state index in [2.05, 4.69) is 4.72 Å². The van der Waals surface area contributed by atoms with Crippen molar-refractivity contribution in [3.63, 3.8) is 0 Å². The predicted molar refractivity (Wildman–Crippen MR) is 114 cm³/mol. The molecule has 0 bridgehead atoms. The first kappa shape index (κ1) is 20.8. The van der Waals surface area contributed by atoms with Crippen LogP contribution in [0.2, 0.25) is 0 Å². The van der Waals surface area contributed by atoms with E-state index in [1.54, 1.807) is 7.11 Å². The minimum Gasteiger partial charge on any atom is -0.497 e. The number of amides is 1. The van der Waals surface area contributed by atoms with Crippen LogP contribution in [0.15, 0.2) is 66.7 Å². The van der Waals surface area contributed by atoms with Gasteiger partial charge in [0.2, 0.25) is 5.91 Å². The van der Waals surface area contributed by atoms with E-state index in [9.17, 15) is 13.2 Å². The summed E-state index contributed by atoms with van der Waals surface area (Å²) in [5.41, 5.74) is 1.77. The van der Waals surface area contributed by atoms with Crippen molar-refractivity contribution in [2.75, 3.05) is 13.7 Å². The summed E-state index contributed by atoms with van der Waals surface area (Å²) in [5, 5.41) is 2.01. The maximum atomic E-state index is 12.7. The summed E-state index contributed by atoms with van der Waals surface area (Å²) >= 11 is 0. The van der Waals surface area contributed by atoms with Crippen molar-refractivity contribution < 1.29 is 17.9 Å². The molecule has 0 aliphatic heterocycles. The summed E-state index contributed by atoms with van der Waals surface area (Å²) in [6.07, 6.45) is 0.399. The molecule has 0 heterocycles. The zero-order valence-electron chi connectivity index (χ0n) is 16.5. The Morgan fingerprint density at radius 3 is 2.48 bits per heavy atom. The van der Waals surface area contributed by atoms with E-state index in [-0.39, 0.29) is 13.1 Å². The zero-order chi connectivity index (χ0) is 20.9. The van der Waals surface area contributed by atoms with Gasteiger partial charge in [-0.05, 0) is 40.5 Å². The molecule has 1 amide bonds. The Kier molecular flexibility index (Phi) is 6.51. The number of nitrogens with zero attached hydrogens (tertiary/aromatic N) is 1. The Balaban J connectivity index is 1.77. The highest BCUT2D eigenvalue weighted by Crippen LogP contribution is 2.24. The van der Waals surface area contributed by atoms with Crippen LogP contribution in [0, 0.1) is 0 Å². The Labute approximate surface area is 171 Å². The Bertz CT molecular complexity index is 1100. The van der Waals surface area contributed by atoms with E-state index in [0.717, 1.165) is 32.0 Å². The van der Waals surface area contributed by atoms with Crippen molar-refractivity contribution in [1.29, 1.82) is 0 Å². The summed E-state index contributed by atoms with van der Waals surface area (Å²) in [6.45, 7) is 1.43. The standard InChI is InChI=1S/C22H24N2O4S/c1-17(25)24(29(26,27)23-16-18-7-4-3-5-8-18)14-13-20-10-6-9-19-11-12-21(28-2)15-22(19)20/h3-12,15,23H,13-14,16H2,1-2H3. The van der Waals surface area contributed by atoms with Gasteiger partial charge in [-0.15, -0.1) is 0 Å². The molecule has 1 N–H and O–H groups in total. The SMILES string of the molecule is COc1ccc2cccc(CCN(C(C)=O)S(=O)(=O)NCc3ccccc3)c2c1. The molecule has 3 aromatic carbocycles. The third kappa shape index (κ3) is 5.13. The van der Waals surface area contributed by atoms with Gasteiger partial charge in [0.1, 0.15) is 5.75 Å². The van der Waals surface area contributed by atoms with E-state index < -0.39 is 16.1 Å². The quantitative estimate of drug-likeness (QED) is 0.616. The molecule has 0 aliphatic carbocycles. The average Bonchev–Trinajstić information content (AvgIpc) is 2.72. The molecule has 6 nitrogen and oxygen atoms in total. The van der Waals surface area contributed by atoms with Gasteiger partial charge in [-0.2, -0.15) is 13.1 Å². The molecule has 0 fully saturated rings. The van der Waals surface area contributed by atoms with Crippen LogP contribution in [0.3, 0.4) is 0 Å². The summed E-state index contributed by atoms with van der Waals surface area (Å²) in [6, 6.07) is 20.8. The second kappa shape index (κ2) is 9.07. The minimum absolute atomic E-state index is 0.0514. The molecule has 0 saturated carbocycles. The van der Waals surface area contributed by atoms with Gasteiger partial charge >= 0.3 is 10.2 Å². The third-order valence-electron chi connectivity index (χ3n) is 4.71. The first-order chi connectivity index (χ1) is 13.9. The van der Waals surface area contributed by atoms with Crippen molar-refractivity contribution in [1.82, 2.24) is 9.03 Å². The number of benzene rings is 3. The van der Waals surface area contributed by atoms with Crippen LogP contribution in [-0.4, -0.2) is 32.3 Å². The largest absolute Gasteiger partial charge is 0.497 e. The topological polar surface area (TPSA) is 75.7 Å². The highest BCUT2D eigenvalue weighted by atomic mass is 32.2. The molecule has 0 atom stereocenters. The lowest BCUT2D eigenvalue weighted by Gasteiger charge is -2.22. The van der Waals surface area contributed by atoms with Gasteiger partial charge in [0.15, 0.2) is 0 Å². The number of rotatable bonds is 8. The maximum absolute atomic E-state index is 12.7. The molecular weight excluding hydrogens is 388 g/mol.